The Hall–Kier alpha value is -1.74. The average molecular weight is 227 g/mol. The van der Waals surface area contributed by atoms with Crippen LogP contribution in [-0.4, -0.2) is 9.97 Å². The average Bonchev–Trinajstić information content (AvgIpc) is 2.40. The maximum absolute atomic E-state index is 4.40. The molecule has 0 saturated carbocycles. The zero-order chi connectivity index (χ0) is 11.9. The summed E-state index contributed by atoms with van der Waals surface area (Å²) in [5.41, 5.74) is 3.49. The van der Waals surface area contributed by atoms with Crippen molar-refractivity contribution >= 4 is 0 Å². The molecule has 2 aromatic rings. The Morgan fingerprint density at radius 3 is 2.65 bits per heavy atom. The zero-order valence-electron chi connectivity index (χ0n) is 10.1. The summed E-state index contributed by atoms with van der Waals surface area (Å²) in [5.74, 6) is 0. The molecule has 0 saturated heterocycles. The molecule has 88 valence electrons. The van der Waals surface area contributed by atoms with Gasteiger partial charge in [-0.25, -0.2) is 0 Å². The summed E-state index contributed by atoms with van der Waals surface area (Å²) in [7, 11) is 0. The van der Waals surface area contributed by atoms with Gasteiger partial charge in [-0.05, 0) is 30.2 Å². The van der Waals surface area contributed by atoms with Crippen LogP contribution >= 0.6 is 0 Å². The fraction of sp³-hybridized carbons (Fsp3) is 0.286. The van der Waals surface area contributed by atoms with Crippen LogP contribution in [0.3, 0.4) is 0 Å². The summed E-state index contributed by atoms with van der Waals surface area (Å²) in [6.07, 6.45) is 4.68. The predicted octanol–water partition coefficient (Wildman–Crippen LogP) is 2.33. The molecule has 0 fully saturated rings. The van der Waals surface area contributed by atoms with Gasteiger partial charge in [-0.3, -0.25) is 9.97 Å². The van der Waals surface area contributed by atoms with Gasteiger partial charge in [-0.1, -0.05) is 19.1 Å². The molecule has 2 rings (SSSR count). The van der Waals surface area contributed by atoms with Gasteiger partial charge < -0.3 is 5.32 Å². The third kappa shape index (κ3) is 3.36. The largest absolute Gasteiger partial charge is 0.305 e. The highest BCUT2D eigenvalue weighted by atomic mass is 14.9. The molecule has 2 heterocycles. The molecule has 0 amide bonds. The van der Waals surface area contributed by atoms with E-state index in [4.69, 9.17) is 0 Å². The number of pyridine rings is 2. The minimum atomic E-state index is 0.778. The fourth-order valence-electron chi connectivity index (χ4n) is 1.76. The molecule has 0 aliphatic heterocycles. The van der Waals surface area contributed by atoms with E-state index in [1.807, 2.05) is 36.7 Å². The summed E-state index contributed by atoms with van der Waals surface area (Å²) in [5, 5.41) is 3.37. The van der Waals surface area contributed by atoms with Gasteiger partial charge in [0.25, 0.3) is 0 Å². The van der Waals surface area contributed by atoms with Crippen molar-refractivity contribution < 1.29 is 0 Å². The van der Waals surface area contributed by atoms with Crippen LogP contribution in [0.4, 0.5) is 0 Å². The van der Waals surface area contributed by atoms with Crippen molar-refractivity contribution in [3.8, 4) is 0 Å². The van der Waals surface area contributed by atoms with E-state index in [0.717, 1.165) is 30.9 Å². The topological polar surface area (TPSA) is 37.8 Å². The third-order valence-corrected chi connectivity index (χ3v) is 2.69. The van der Waals surface area contributed by atoms with E-state index in [1.54, 1.807) is 0 Å². The SMILES string of the molecule is CCc1cccnc1CNCc1ccccn1. The molecule has 0 atom stereocenters. The maximum Gasteiger partial charge on any atom is 0.0573 e. The van der Waals surface area contributed by atoms with Gasteiger partial charge in [0.1, 0.15) is 0 Å². The number of rotatable bonds is 5. The molecule has 2 aromatic heterocycles. The maximum atomic E-state index is 4.40. The van der Waals surface area contributed by atoms with Gasteiger partial charge in [0.15, 0.2) is 0 Å². The standard InChI is InChI=1S/C14H17N3/c1-2-12-6-5-9-17-14(12)11-15-10-13-7-3-4-8-16-13/h3-9,15H,2,10-11H2,1H3. The molecule has 0 aliphatic rings. The van der Waals surface area contributed by atoms with E-state index in [0.29, 0.717) is 0 Å². The molecular weight excluding hydrogens is 210 g/mol. The van der Waals surface area contributed by atoms with Gasteiger partial charge in [0, 0.05) is 25.5 Å². The van der Waals surface area contributed by atoms with Crippen molar-refractivity contribution in [2.75, 3.05) is 0 Å². The van der Waals surface area contributed by atoms with E-state index >= 15 is 0 Å². The van der Waals surface area contributed by atoms with E-state index in [9.17, 15) is 0 Å². The van der Waals surface area contributed by atoms with Gasteiger partial charge in [-0.15, -0.1) is 0 Å². The lowest BCUT2D eigenvalue weighted by molar-refractivity contribution is 0.662. The van der Waals surface area contributed by atoms with Crippen LogP contribution in [0.2, 0.25) is 0 Å². The predicted molar refractivity (Wildman–Crippen MR) is 68.4 cm³/mol. The Morgan fingerprint density at radius 2 is 1.88 bits per heavy atom. The van der Waals surface area contributed by atoms with Gasteiger partial charge in [0.05, 0.1) is 11.4 Å². The second-order valence-corrected chi connectivity index (χ2v) is 3.89. The number of aryl methyl sites for hydroxylation is 1. The number of hydrogen-bond acceptors (Lipinski definition) is 3. The minimum Gasteiger partial charge on any atom is -0.305 e. The van der Waals surface area contributed by atoms with Gasteiger partial charge >= 0.3 is 0 Å². The van der Waals surface area contributed by atoms with E-state index in [1.165, 1.54) is 5.56 Å². The summed E-state index contributed by atoms with van der Waals surface area (Å²) in [4.78, 5) is 8.67. The van der Waals surface area contributed by atoms with Crippen LogP contribution in [0, 0.1) is 0 Å². The van der Waals surface area contributed by atoms with Crippen LogP contribution in [0.5, 0.6) is 0 Å². The molecule has 17 heavy (non-hydrogen) atoms. The smallest absolute Gasteiger partial charge is 0.0573 e. The summed E-state index contributed by atoms with van der Waals surface area (Å²) in [6, 6.07) is 10.1. The number of hydrogen-bond donors (Lipinski definition) is 1. The fourth-order valence-corrected chi connectivity index (χ4v) is 1.76. The number of nitrogens with one attached hydrogen (secondary N) is 1. The third-order valence-electron chi connectivity index (χ3n) is 2.69. The second-order valence-electron chi connectivity index (χ2n) is 3.89. The lowest BCUT2D eigenvalue weighted by Gasteiger charge is -2.07. The Labute approximate surface area is 102 Å². The molecule has 3 nitrogen and oxygen atoms in total. The molecule has 0 spiro atoms. The molecule has 0 aliphatic carbocycles. The Morgan fingerprint density at radius 1 is 1.00 bits per heavy atom. The summed E-state index contributed by atoms with van der Waals surface area (Å²) in [6.45, 7) is 3.72. The first-order valence-electron chi connectivity index (χ1n) is 5.93. The quantitative estimate of drug-likeness (QED) is 0.852. The first-order valence-corrected chi connectivity index (χ1v) is 5.93. The number of aromatic nitrogens is 2. The van der Waals surface area contributed by atoms with Gasteiger partial charge in [0.2, 0.25) is 0 Å². The van der Waals surface area contributed by atoms with Crippen molar-refractivity contribution in [2.24, 2.45) is 0 Å². The van der Waals surface area contributed by atoms with Gasteiger partial charge in [-0.2, -0.15) is 0 Å². The molecule has 0 aromatic carbocycles. The molecule has 0 bridgehead atoms. The van der Waals surface area contributed by atoms with E-state index < -0.39 is 0 Å². The Balaban J connectivity index is 1.90. The highest BCUT2D eigenvalue weighted by Crippen LogP contribution is 2.05. The number of nitrogens with zero attached hydrogens (tertiary/aromatic N) is 2. The monoisotopic (exact) mass is 227 g/mol. The summed E-state index contributed by atoms with van der Waals surface area (Å²) < 4.78 is 0. The molecule has 0 unspecified atom stereocenters. The van der Waals surface area contributed by atoms with Crippen LogP contribution in [0.15, 0.2) is 42.7 Å². The van der Waals surface area contributed by atoms with Crippen molar-refractivity contribution in [2.45, 2.75) is 26.4 Å². The van der Waals surface area contributed by atoms with Crippen LogP contribution in [0.1, 0.15) is 23.9 Å². The van der Waals surface area contributed by atoms with Crippen LogP contribution < -0.4 is 5.32 Å². The highest BCUT2D eigenvalue weighted by molar-refractivity contribution is 5.19. The molecule has 0 radical (unpaired) electrons. The Bertz CT molecular complexity index is 454. The molecular formula is C14H17N3. The van der Waals surface area contributed by atoms with Crippen molar-refractivity contribution in [1.29, 1.82) is 0 Å². The first-order chi connectivity index (χ1) is 8.40. The summed E-state index contributed by atoms with van der Waals surface area (Å²) >= 11 is 0. The zero-order valence-corrected chi connectivity index (χ0v) is 10.1. The van der Waals surface area contributed by atoms with Crippen LogP contribution in [-0.2, 0) is 19.5 Å². The van der Waals surface area contributed by atoms with Crippen molar-refractivity contribution in [3.05, 3.63) is 59.7 Å². The normalized spacial score (nSPS) is 10.4. The lowest BCUT2D eigenvalue weighted by atomic mass is 10.1. The minimum absolute atomic E-state index is 0.778. The van der Waals surface area contributed by atoms with Crippen LogP contribution in [0.25, 0.3) is 0 Å². The molecule has 1 N–H and O–H groups in total. The second kappa shape index (κ2) is 6.11. The van der Waals surface area contributed by atoms with Crippen molar-refractivity contribution in [3.63, 3.8) is 0 Å². The van der Waals surface area contributed by atoms with E-state index in [-0.39, 0.29) is 0 Å². The van der Waals surface area contributed by atoms with E-state index in [2.05, 4.69) is 28.3 Å². The Kier molecular flexibility index (Phi) is 4.22. The first kappa shape index (κ1) is 11.7. The highest BCUT2D eigenvalue weighted by Gasteiger charge is 2.00. The van der Waals surface area contributed by atoms with Crippen molar-refractivity contribution in [1.82, 2.24) is 15.3 Å². The molecule has 3 heteroatoms. The lowest BCUT2D eigenvalue weighted by Crippen LogP contribution is -2.15.